The predicted molar refractivity (Wildman–Crippen MR) is 112 cm³/mol. The van der Waals surface area contributed by atoms with E-state index in [2.05, 4.69) is 20.5 Å². The molecule has 0 radical (unpaired) electrons. The topological polar surface area (TPSA) is 91.2 Å². The van der Waals surface area contributed by atoms with Crippen LogP contribution in [0.2, 0.25) is 5.02 Å². The Kier molecular flexibility index (Phi) is 7.45. The van der Waals surface area contributed by atoms with Crippen molar-refractivity contribution < 1.29 is 14.3 Å². The van der Waals surface area contributed by atoms with Crippen LogP contribution in [0.3, 0.4) is 0 Å². The van der Waals surface area contributed by atoms with Crippen molar-refractivity contribution in [2.75, 3.05) is 31.9 Å². The van der Waals surface area contributed by atoms with E-state index < -0.39 is 0 Å². The maximum absolute atomic E-state index is 12.4. The highest BCUT2D eigenvalue weighted by atomic mass is 35.5. The Bertz CT molecular complexity index is 968. The minimum absolute atomic E-state index is 0.150. The molecule has 0 bridgehead atoms. The Balaban J connectivity index is 1.72. The van der Waals surface area contributed by atoms with Crippen molar-refractivity contribution in [3.05, 3.63) is 47.7 Å². The van der Waals surface area contributed by atoms with E-state index in [4.69, 9.17) is 21.1 Å². The number of halogens is 1. The number of benzene rings is 1. The standard InChI is InChI=1S/C19H20ClN5O3S/c1-27-10-9-25-18(13-5-7-21-8-6-13)23-24-19(25)29-12-17(26)22-15-11-14(20)3-4-16(15)28-2/h3-8,11H,9-10,12H2,1-2H3,(H,22,26). The lowest BCUT2D eigenvalue weighted by Gasteiger charge is -2.11. The molecule has 10 heteroatoms. The third-order valence-corrected chi connectivity index (χ3v) is 5.14. The summed E-state index contributed by atoms with van der Waals surface area (Å²) in [5.74, 6) is 1.18. The molecule has 152 valence electrons. The molecule has 0 saturated carbocycles. The predicted octanol–water partition coefficient (Wildman–Crippen LogP) is 3.38. The second-order valence-corrected chi connectivity index (χ2v) is 7.25. The fourth-order valence-corrected chi connectivity index (χ4v) is 3.53. The maximum Gasteiger partial charge on any atom is 0.234 e. The van der Waals surface area contributed by atoms with E-state index in [1.165, 1.54) is 18.9 Å². The van der Waals surface area contributed by atoms with E-state index in [-0.39, 0.29) is 11.7 Å². The fourth-order valence-electron chi connectivity index (χ4n) is 2.59. The summed E-state index contributed by atoms with van der Waals surface area (Å²) in [5.41, 5.74) is 1.41. The van der Waals surface area contributed by atoms with Crippen LogP contribution in [0, 0.1) is 0 Å². The molecule has 1 aromatic carbocycles. The first-order valence-electron chi connectivity index (χ1n) is 8.71. The number of amides is 1. The first-order valence-corrected chi connectivity index (χ1v) is 10.1. The number of nitrogens with zero attached hydrogens (tertiary/aromatic N) is 4. The molecule has 29 heavy (non-hydrogen) atoms. The highest BCUT2D eigenvalue weighted by Crippen LogP contribution is 2.28. The number of ether oxygens (including phenoxy) is 2. The highest BCUT2D eigenvalue weighted by Gasteiger charge is 2.16. The van der Waals surface area contributed by atoms with Gasteiger partial charge in [-0.3, -0.25) is 14.3 Å². The fraction of sp³-hybridized carbons (Fsp3) is 0.263. The number of hydrogen-bond donors (Lipinski definition) is 1. The van der Waals surface area contributed by atoms with Crippen LogP contribution in [0.4, 0.5) is 5.69 Å². The second-order valence-electron chi connectivity index (χ2n) is 5.87. The van der Waals surface area contributed by atoms with Crippen LogP contribution in [-0.4, -0.2) is 52.2 Å². The maximum atomic E-state index is 12.4. The van der Waals surface area contributed by atoms with Gasteiger partial charge in [0.15, 0.2) is 11.0 Å². The molecule has 0 unspecified atom stereocenters. The molecule has 1 amide bonds. The molecule has 0 atom stereocenters. The van der Waals surface area contributed by atoms with Gasteiger partial charge in [-0.15, -0.1) is 10.2 Å². The van der Waals surface area contributed by atoms with Crippen LogP contribution in [0.5, 0.6) is 5.75 Å². The van der Waals surface area contributed by atoms with Crippen LogP contribution in [0.25, 0.3) is 11.4 Å². The van der Waals surface area contributed by atoms with Crippen molar-refractivity contribution in [2.24, 2.45) is 0 Å². The lowest BCUT2D eigenvalue weighted by atomic mass is 10.2. The third-order valence-electron chi connectivity index (χ3n) is 3.94. The number of anilines is 1. The van der Waals surface area contributed by atoms with E-state index in [9.17, 15) is 4.79 Å². The van der Waals surface area contributed by atoms with E-state index >= 15 is 0 Å². The summed E-state index contributed by atoms with van der Waals surface area (Å²) < 4.78 is 12.4. The summed E-state index contributed by atoms with van der Waals surface area (Å²) in [5, 5.41) is 12.5. The van der Waals surface area contributed by atoms with Crippen LogP contribution in [-0.2, 0) is 16.1 Å². The van der Waals surface area contributed by atoms with Crippen LogP contribution in [0.15, 0.2) is 47.9 Å². The number of carbonyl (C=O) groups is 1. The second kappa shape index (κ2) is 10.2. The molecule has 0 aliphatic heterocycles. The van der Waals surface area contributed by atoms with E-state index in [1.54, 1.807) is 37.7 Å². The Labute approximate surface area is 177 Å². The van der Waals surface area contributed by atoms with E-state index in [0.29, 0.717) is 40.6 Å². The third kappa shape index (κ3) is 5.47. The smallest absolute Gasteiger partial charge is 0.234 e. The zero-order valence-corrected chi connectivity index (χ0v) is 17.5. The lowest BCUT2D eigenvalue weighted by Crippen LogP contribution is -2.15. The lowest BCUT2D eigenvalue weighted by molar-refractivity contribution is -0.113. The minimum atomic E-state index is -0.206. The molecule has 0 spiro atoms. The first-order chi connectivity index (χ1) is 14.1. The number of aromatic nitrogens is 4. The molecular weight excluding hydrogens is 414 g/mol. The summed E-state index contributed by atoms with van der Waals surface area (Å²) in [6, 6.07) is 8.77. The number of rotatable bonds is 9. The van der Waals surface area contributed by atoms with Gasteiger partial charge in [-0.25, -0.2) is 0 Å². The largest absolute Gasteiger partial charge is 0.495 e. The minimum Gasteiger partial charge on any atom is -0.495 e. The van der Waals surface area contributed by atoms with Crippen molar-refractivity contribution in [3.8, 4) is 17.1 Å². The average molecular weight is 434 g/mol. The summed E-state index contributed by atoms with van der Waals surface area (Å²) in [4.78, 5) is 16.5. The van der Waals surface area contributed by atoms with Crippen LogP contribution >= 0.6 is 23.4 Å². The molecule has 0 aliphatic rings. The molecule has 2 heterocycles. The van der Waals surface area contributed by atoms with Gasteiger partial charge in [0.2, 0.25) is 5.91 Å². The van der Waals surface area contributed by atoms with E-state index in [1.807, 2.05) is 16.7 Å². The molecule has 0 aliphatic carbocycles. The van der Waals surface area contributed by atoms with Crippen molar-refractivity contribution in [1.29, 1.82) is 0 Å². The molecule has 3 rings (SSSR count). The summed E-state index contributed by atoms with van der Waals surface area (Å²) in [6.45, 7) is 1.06. The van der Waals surface area contributed by atoms with Gasteiger partial charge in [0, 0.05) is 30.1 Å². The highest BCUT2D eigenvalue weighted by molar-refractivity contribution is 7.99. The van der Waals surface area contributed by atoms with Crippen molar-refractivity contribution in [3.63, 3.8) is 0 Å². The van der Waals surface area contributed by atoms with Gasteiger partial charge in [0.05, 0.1) is 31.7 Å². The van der Waals surface area contributed by atoms with Crippen molar-refractivity contribution in [1.82, 2.24) is 19.7 Å². The average Bonchev–Trinajstić information content (AvgIpc) is 3.14. The number of carbonyl (C=O) groups excluding carboxylic acids is 1. The molecule has 0 saturated heterocycles. The molecular formula is C19H20ClN5O3S. The van der Waals surface area contributed by atoms with Gasteiger partial charge in [0.25, 0.3) is 0 Å². The molecule has 1 N–H and O–H groups in total. The van der Waals surface area contributed by atoms with Crippen molar-refractivity contribution >= 4 is 35.0 Å². The van der Waals surface area contributed by atoms with Crippen LogP contribution < -0.4 is 10.1 Å². The molecule has 2 aromatic heterocycles. The Morgan fingerprint density at radius 1 is 1.21 bits per heavy atom. The number of hydrogen-bond acceptors (Lipinski definition) is 7. The molecule has 3 aromatic rings. The normalized spacial score (nSPS) is 10.7. The number of methoxy groups -OCH3 is 2. The SMILES string of the molecule is COCCn1c(SCC(=O)Nc2cc(Cl)ccc2OC)nnc1-c1ccncc1. The van der Waals surface area contributed by atoms with Gasteiger partial charge < -0.3 is 14.8 Å². The quantitative estimate of drug-likeness (QED) is 0.517. The summed E-state index contributed by atoms with van der Waals surface area (Å²) in [6.07, 6.45) is 3.40. The van der Waals surface area contributed by atoms with E-state index in [0.717, 1.165) is 5.56 Å². The number of nitrogens with one attached hydrogen (secondary N) is 1. The molecule has 8 nitrogen and oxygen atoms in total. The zero-order valence-electron chi connectivity index (χ0n) is 16.0. The monoisotopic (exact) mass is 433 g/mol. The Morgan fingerprint density at radius 2 is 2.00 bits per heavy atom. The Morgan fingerprint density at radius 3 is 2.72 bits per heavy atom. The van der Waals surface area contributed by atoms with Gasteiger partial charge in [-0.05, 0) is 30.3 Å². The Hall–Kier alpha value is -2.62. The van der Waals surface area contributed by atoms with Crippen LogP contribution in [0.1, 0.15) is 0 Å². The van der Waals surface area contributed by atoms with Gasteiger partial charge in [-0.1, -0.05) is 23.4 Å². The number of thioether (sulfide) groups is 1. The number of pyridine rings is 1. The summed E-state index contributed by atoms with van der Waals surface area (Å²) >= 11 is 7.30. The zero-order chi connectivity index (χ0) is 20.6. The summed E-state index contributed by atoms with van der Waals surface area (Å²) in [7, 11) is 3.17. The molecule has 0 fully saturated rings. The van der Waals surface area contributed by atoms with Gasteiger partial charge >= 0.3 is 0 Å². The van der Waals surface area contributed by atoms with Gasteiger partial charge in [0.1, 0.15) is 5.75 Å². The van der Waals surface area contributed by atoms with Crippen molar-refractivity contribution in [2.45, 2.75) is 11.7 Å². The first kappa shape index (κ1) is 21.1. The van der Waals surface area contributed by atoms with Gasteiger partial charge in [-0.2, -0.15) is 0 Å².